The minimum atomic E-state index is 0.646. The Morgan fingerprint density at radius 3 is 2.58 bits per heavy atom. The van der Waals surface area contributed by atoms with Crippen molar-refractivity contribution in [1.82, 2.24) is 9.88 Å². The third-order valence-corrected chi connectivity index (χ3v) is 4.83. The van der Waals surface area contributed by atoms with E-state index in [9.17, 15) is 0 Å². The van der Waals surface area contributed by atoms with E-state index in [4.69, 9.17) is 0 Å². The van der Waals surface area contributed by atoms with Gasteiger partial charge in [0.2, 0.25) is 0 Å². The highest BCUT2D eigenvalue weighted by Crippen LogP contribution is 2.37. The van der Waals surface area contributed by atoms with E-state index in [1.165, 1.54) is 38.0 Å². The molecule has 2 unspecified atom stereocenters. The molecule has 1 N–H and O–H groups in total. The molecule has 0 radical (unpaired) electrons. The second kappa shape index (κ2) is 5.49. The number of fused-ring (bicyclic) bond motifs is 2. The Hall–Kier alpha value is -1.09. The molecule has 1 aromatic heterocycles. The maximum Gasteiger partial charge on any atom is 0.0529 e. The molecule has 1 aliphatic heterocycles. The van der Waals surface area contributed by atoms with Crippen LogP contribution < -0.4 is 5.32 Å². The third kappa shape index (κ3) is 2.76. The molecule has 104 valence electrons. The van der Waals surface area contributed by atoms with Gasteiger partial charge in [0.05, 0.1) is 5.69 Å². The van der Waals surface area contributed by atoms with E-state index >= 15 is 0 Å². The molecule has 2 atom stereocenters. The van der Waals surface area contributed by atoms with Crippen molar-refractivity contribution in [2.24, 2.45) is 11.8 Å². The van der Waals surface area contributed by atoms with Crippen LogP contribution in [0.1, 0.15) is 33.1 Å². The van der Waals surface area contributed by atoms with Crippen LogP contribution in [-0.4, -0.2) is 35.1 Å². The first-order chi connectivity index (χ1) is 9.24. The molecule has 0 aromatic carbocycles. The zero-order valence-corrected chi connectivity index (χ0v) is 12.0. The van der Waals surface area contributed by atoms with Gasteiger partial charge in [-0.2, -0.15) is 0 Å². The second-order valence-corrected chi connectivity index (χ2v) is 6.41. The summed E-state index contributed by atoms with van der Waals surface area (Å²) in [5.41, 5.74) is 1.18. The predicted octanol–water partition coefficient (Wildman–Crippen LogP) is 3.00. The minimum Gasteiger partial charge on any atom is -0.380 e. The smallest absolute Gasteiger partial charge is 0.0529 e. The predicted molar refractivity (Wildman–Crippen MR) is 79.2 cm³/mol. The third-order valence-electron chi connectivity index (χ3n) is 4.83. The Balaban J connectivity index is 1.72. The highest BCUT2D eigenvalue weighted by molar-refractivity contribution is 5.41. The molecular formula is C16H25N3. The van der Waals surface area contributed by atoms with E-state index in [-0.39, 0.29) is 0 Å². The van der Waals surface area contributed by atoms with Gasteiger partial charge in [-0.05, 0) is 50.7 Å². The summed E-state index contributed by atoms with van der Waals surface area (Å²) in [6.07, 6.45) is 7.94. The van der Waals surface area contributed by atoms with Crippen molar-refractivity contribution >= 4 is 5.69 Å². The molecular weight excluding hydrogens is 234 g/mol. The molecule has 1 aromatic rings. The molecule has 1 saturated heterocycles. The van der Waals surface area contributed by atoms with Crippen molar-refractivity contribution in [3.05, 3.63) is 24.5 Å². The quantitative estimate of drug-likeness (QED) is 0.904. The lowest BCUT2D eigenvalue weighted by atomic mass is 9.73. The first-order valence-electron chi connectivity index (χ1n) is 7.64. The SMILES string of the molecule is CC(C)N1CC2CCCC(C1)C2Nc1cccnc1. The van der Waals surface area contributed by atoms with Gasteiger partial charge in [0.15, 0.2) is 0 Å². The van der Waals surface area contributed by atoms with Crippen molar-refractivity contribution in [3.8, 4) is 0 Å². The van der Waals surface area contributed by atoms with Crippen molar-refractivity contribution in [3.63, 3.8) is 0 Å². The molecule has 0 spiro atoms. The maximum atomic E-state index is 4.21. The number of rotatable bonds is 3. The van der Waals surface area contributed by atoms with Crippen LogP contribution in [-0.2, 0) is 0 Å². The number of hydrogen-bond donors (Lipinski definition) is 1. The number of aromatic nitrogens is 1. The topological polar surface area (TPSA) is 28.2 Å². The monoisotopic (exact) mass is 259 g/mol. The van der Waals surface area contributed by atoms with E-state index in [2.05, 4.69) is 35.1 Å². The number of nitrogens with zero attached hydrogens (tertiary/aromatic N) is 2. The molecule has 1 saturated carbocycles. The normalized spacial score (nSPS) is 31.4. The van der Waals surface area contributed by atoms with Gasteiger partial charge in [-0.1, -0.05) is 6.42 Å². The van der Waals surface area contributed by atoms with E-state index in [0.717, 1.165) is 11.8 Å². The standard InChI is InChI=1S/C16H25N3/c1-12(2)19-10-13-5-3-6-14(11-19)16(13)18-15-7-4-8-17-9-15/h4,7-9,12-14,16,18H,3,5-6,10-11H2,1-2H3. The molecule has 0 amide bonds. The molecule has 2 heterocycles. The van der Waals surface area contributed by atoms with E-state index < -0.39 is 0 Å². The van der Waals surface area contributed by atoms with Gasteiger partial charge in [-0.3, -0.25) is 4.98 Å². The highest BCUT2D eigenvalue weighted by Gasteiger charge is 2.39. The first-order valence-corrected chi connectivity index (χ1v) is 7.64. The maximum absolute atomic E-state index is 4.21. The van der Waals surface area contributed by atoms with Crippen LogP contribution in [0.3, 0.4) is 0 Å². The van der Waals surface area contributed by atoms with E-state index in [1.807, 2.05) is 18.5 Å². The number of piperidine rings is 1. The number of anilines is 1. The van der Waals surface area contributed by atoms with Gasteiger partial charge < -0.3 is 10.2 Å². The lowest BCUT2D eigenvalue weighted by molar-refractivity contribution is 0.0518. The van der Waals surface area contributed by atoms with Crippen LogP contribution in [0.15, 0.2) is 24.5 Å². The molecule has 3 heteroatoms. The zero-order chi connectivity index (χ0) is 13.2. The number of likely N-dealkylation sites (tertiary alicyclic amines) is 1. The number of nitrogens with one attached hydrogen (secondary N) is 1. The number of pyridine rings is 1. The summed E-state index contributed by atoms with van der Waals surface area (Å²) in [6, 6.07) is 5.48. The Morgan fingerprint density at radius 2 is 2.00 bits per heavy atom. The average molecular weight is 259 g/mol. The summed E-state index contributed by atoms with van der Waals surface area (Å²) >= 11 is 0. The summed E-state index contributed by atoms with van der Waals surface area (Å²) in [6.45, 7) is 7.16. The van der Waals surface area contributed by atoms with Crippen LogP contribution >= 0.6 is 0 Å². The fourth-order valence-corrected chi connectivity index (χ4v) is 3.77. The van der Waals surface area contributed by atoms with Crippen LogP contribution in [0.4, 0.5) is 5.69 Å². The summed E-state index contributed by atoms with van der Waals surface area (Å²) in [7, 11) is 0. The summed E-state index contributed by atoms with van der Waals surface area (Å²) < 4.78 is 0. The Morgan fingerprint density at radius 1 is 1.26 bits per heavy atom. The summed E-state index contributed by atoms with van der Waals surface area (Å²) in [4.78, 5) is 6.88. The summed E-state index contributed by atoms with van der Waals surface area (Å²) in [5, 5.41) is 3.75. The van der Waals surface area contributed by atoms with Gasteiger partial charge in [0.25, 0.3) is 0 Å². The van der Waals surface area contributed by atoms with Gasteiger partial charge in [0, 0.05) is 37.6 Å². The largest absolute Gasteiger partial charge is 0.380 e. The fraction of sp³-hybridized carbons (Fsp3) is 0.688. The molecule has 3 rings (SSSR count). The van der Waals surface area contributed by atoms with Gasteiger partial charge in [-0.15, -0.1) is 0 Å². The molecule has 3 nitrogen and oxygen atoms in total. The fourth-order valence-electron chi connectivity index (χ4n) is 3.77. The second-order valence-electron chi connectivity index (χ2n) is 6.41. The average Bonchev–Trinajstić information content (AvgIpc) is 2.39. The Bertz CT molecular complexity index is 390. The van der Waals surface area contributed by atoms with Gasteiger partial charge in [0.1, 0.15) is 0 Å². The summed E-state index contributed by atoms with van der Waals surface area (Å²) in [5.74, 6) is 1.60. The van der Waals surface area contributed by atoms with Crippen LogP contribution in [0.5, 0.6) is 0 Å². The van der Waals surface area contributed by atoms with Crippen molar-refractivity contribution in [1.29, 1.82) is 0 Å². The van der Waals surface area contributed by atoms with E-state index in [0.29, 0.717) is 12.1 Å². The minimum absolute atomic E-state index is 0.646. The van der Waals surface area contributed by atoms with Crippen LogP contribution in [0, 0.1) is 11.8 Å². The van der Waals surface area contributed by atoms with Crippen LogP contribution in [0.25, 0.3) is 0 Å². The molecule has 19 heavy (non-hydrogen) atoms. The Kier molecular flexibility index (Phi) is 3.74. The molecule has 2 aliphatic rings. The van der Waals surface area contributed by atoms with Gasteiger partial charge >= 0.3 is 0 Å². The highest BCUT2D eigenvalue weighted by atomic mass is 15.2. The Labute approximate surface area is 116 Å². The van der Waals surface area contributed by atoms with Crippen LogP contribution in [0.2, 0.25) is 0 Å². The number of hydrogen-bond acceptors (Lipinski definition) is 3. The lowest BCUT2D eigenvalue weighted by Crippen LogP contribution is -2.56. The zero-order valence-electron chi connectivity index (χ0n) is 12.0. The molecule has 2 fully saturated rings. The van der Waals surface area contributed by atoms with Crippen molar-refractivity contribution in [2.45, 2.75) is 45.2 Å². The molecule has 2 bridgehead atoms. The first kappa shape index (κ1) is 12.9. The van der Waals surface area contributed by atoms with Crippen molar-refractivity contribution in [2.75, 3.05) is 18.4 Å². The van der Waals surface area contributed by atoms with Crippen molar-refractivity contribution < 1.29 is 0 Å². The van der Waals surface area contributed by atoms with E-state index in [1.54, 1.807) is 0 Å². The van der Waals surface area contributed by atoms with Gasteiger partial charge in [-0.25, -0.2) is 0 Å². The lowest BCUT2D eigenvalue weighted by Gasteiger charge is -2.49. The molecule has 1 aliphatic carbocycles.